The first-order valence-corrected chi connectivity index (χ1v) is 8.99. The van der Waals surface area contributed by atoms with Gasteiger partial charge in [-0.05, 0) is 43.2 Å². The van der Waals surface area contributed by atoms with E-state index in [2.05, 4.69) is 15.3 Å². The Hall–Kier alpha value is -3.25. The smallest absolute Gasteiger partial charge is 0.259 e. The lowest BCUT2D eigenvalue weighted by molar-refractivity contribution is 0.766. The standard InChI is InChI=1S/C21H23N5O/c22-11-4-5-12-24-21-25-19(18-8-13-23-14-9-18)16-20(27)26(21)15-10-17-6-2-1-3-7-17/h1-3,6-10,13-16H,4-5,11-12,22H2,(H,24,25). The van der Waals surface area contributed by atoms with Crippen molar-refractivity contribution in [2.24, 2.45) is 5.73 Å². The van der Waals surface area contributed by atoms with Crippen LogP contribution in [0.3, 0.4) is 0 Å². The zero-order valence-corrected chi connectivity index (χ0v) is 15.1. The van der Waals surface area contributed by atoms with Crippen molar-refractivity contribution >= 4 is 18.2 Å². The number of rotatable bonds is 8. The van der Waals surface area contributed by atoms with E-state index in [1.165, 1.54) is 10.6 Å². The normalized spacial score (nSPS) is 11.0. The van der Waals surface area contributed by atoms with E-state index < -0.39 is 0 Å². The van der Waals surface area contributed by atoms with Gasteiger partial charge in [0.25, 0.3) is 5.56 Å². The van der Waals surface area contributed by atoms with Crippen molar-refractivity contribution in [3.63, 3.8) is 0 Å². The number of pyridine rings is 1. The SMILES string of the molecule is NCCCCNc1nc(-c2ccncc2)cc(=O)n1C=Cc1ccccc1. The van der Waals surface area contributed by atoms with Gasteiger partial charge in [-0.1, -0.05) is 30.3 Å². The second-order valence-electron chi connectivity index (χ2n) is 6.06. The summed E-state index contributed by atoms with van der Waals surface area (Å²) in [6.45, 7) is 1.34. The number of nitrogens with two attached hydrogens (primary N) is 1. The Labute approximate surface area is 158 Å². The van der Waals surface area contributed by atoms with Crippen molar-refractivity contribution in [2.45, 2.75) is 12.8 Å². The molecule has 6 nitrogen and oxygen atoms in total. The van der Waals surface area contributed by atoms with Crippen LogP contribution in [0.25, 0.3) is 23.5 Å². The van der Waals surface area contributed by atoms with E-state index in [4.69, 9.17) is 5.73 Å². The van der Waals surface area contributed by atoms with Crippen molar-refractivity contribution in [3.8, 4) is 11.3 Å². The third kappa shape index (κ3) is 5.12. The van der Waals surface area contributed by atoms with E-state index in [0.717, 1.165) is 24.0 Å². The Kier molecular flexibility index (Phi) is 6.49. The first-order valence-electron chi connectivity index (χ1n) is 8.99. The fourth-order valence-electron chi connectivity index (χ4n) is 2.62. The first-order chi connectivity index (χ1) is 13.3. The molecule has 3 rings (SSSR count). The molecule has 0 amide bonds. The summed E-state index contributed by atoms with van der Waals surface area (Å²) in [5, 5.41) is 3.26. The molecule has 2 aromatic heterocycles. The number of hydrogen-bond acceptors (Lipinski definition) is 5. The van der Waals surface area contributed by atoms with Crippen LogP contribution in [0.4, 0.5) is 5.95 Å². The number of anilines is 1. The average molecular weight is 361 g/mol. The van der Waals surface area contributed by atoms with Crippen LogP contribution in [0.2, 0.25) is 0 Å². The minimum absolute atomic E-state index is 0.148. The predicted molar refractivity (Wildman–Crippen MR) is 110 cm³/mol. The van der Waals surface area contributed by atoms with Gasteiger partial charge >= 0.3 is 0 Å². The van der Waals surface area contributed by atoms with Gasteiger partial charge in [-0.25, -0.2) is 4.98 Å². The molecule has 0 saturated carbocycles. The van der Waals surface area contributed by atoms with Crippen molar-refractivity contribution in [1.82, 2.24) is 14.5 Å². The number of hydrogen-bond donors (Lipinski definition) is 2. The van der Waals surface area contributed by atoms with Gasteiger partial charge in [0.05, 0.1) is 5.69 Å². The van der Waals surface area contributed by atoms with Gasteiger partial charge in [0.15, 0.2) is 0 Å². The lowest BCUT2D eigenvalue weighted by Crippen LogP contribution is -2.21. The second-order valence-corrected chi connectivity index (χ2v) is 6.06. The third-order valence-corrected chi connectivity index (χ3v) is 4.06. The molecule has 3 aromatic rings. The molecule has 0 spiro atoms. The lowest BCUT2D eigenvalue weighted by Gasteiger charge is -2.12. The summed E-state index contributed by atoms with van der Waals surface area (Å²) in [7, 11) is 0. The first kappa shape index (κ1) is 18.5. The Morgan fingerprint density at radius 1 is 1.07 bits per heavy atom. The predicted octanol–water partition coefficient (Wildman–Crippen LogP) is 3.08. The van der Waals surface area contributed by atoms with Gasteiger partial charge in [0.2, 0.25) is 5.95 Å². The van der Waals surface area contributed by atoms with Crippen LogP contribution in [-0.2, 0) is 0 Å². The number of nitrogens with one attached hydrogen (secondary N) is 1. The number of unbranched alkanes of at least 4 members (excludes halogenated alkanes) is 1. The number of benzene rings is 1. The fourth-order valence-corrected chi connectivity index (χ4v) is 2.62. The summed E-state index contributed by atoms with van der Waals surface area (Å²) < 4.78 is 1.53. The molecule has 0 aliphatic rings. The molecule has 3 N–H and O–H groups in total. The summed E-state index contributed by atoms with van der Waals surface area (Å²) in [5.41, 5.74) is 7.89. The number of nitrogens with zero attached hydrogens (tertiary/aromatic N) is 3. The van der Waals surface area contributed by atoms with Gasteiger partial charge in [-0.2, -0.15) is 0 Å². The topological polar surface area (TPSA) is 85.8 Å². The summed E-state index contributed by atoms with van der Waals surface area (Å²) in [5.74, 6) is 0.513. The van der Waals surface area contributed by atoms with Gasteiger partial charge in [-0.3, -0.25) is 14.3 Å². The minimum Gasteiger partial charge on any atom is -0.355 e. The van der Waals surface area contributed by atoms with Gasteiger partial charge in [0, 0.05) is 36.8 Å². The summed E-state index contributed by atoms with van der Waals surface area (Å²) in [6, 6.07) is 15.0. The van der Waals surface area contributed by atoms with Crippen LogP contribution < -0.4 is 16.6 Å². The molecule has 0 unspecified atom stereocenters. The van der Waals surface area contributed by atoms with Crippen LogP contribution in [0.1, 0.15) is 18.4 Å². The molecule has 0 fully saturated rings. The molecule has 138 valence electrons. The maximum Gasteiger partial charge on any atom is 0.259 e. The highest BCUT2D eigenvalue weighted by Gasteiger charge is 2.08. The maximum atomic E-state index is 12.7. The molecule has 0 aliphatic carbocycles. The van der Waals surface area contributed by atoms with Crippen molar-refractivity contribution in [1.29, 1.82) is 0 Å². The highest BCUT2D eigenvalue weighted by molar-refractivity contribution is 5.64. The van der Waals surface area contributed by atoms with E-state index >= 15 is 0 Å². The molecular formula is C21H23N5O. The molecule has 0 atom stereocenters. The van der Waals surface area contributed by atoms with Crippen LogP contribution in [0.5, 0.6) is 0 Å². The number of aromatic nitrogens is 3. The van der Waals surface area contributed by atoms with Crippen molar-refractivity contribution < 1.29 is 0 Å². The molecule has 27 heavy (non-hydrogen) atoms. The molecule has 2 heterocycles. The molecule has 1 aromatic carbocycles. The Morgan fingerprint density at radius 2 is 1.85 bits per heavy atom. The monoisotopic (exact) mass is 361 g/mol. The quantitative estimate of drug-likeness (QED) is 0.602. The zero-order valence-electron chi connectivity index (χ0n) is 15.1. The van der Waals surface area contributed by atoms with E-state index in [-0.39, 0.29) is 5.56 Å². The van der Waals surface area contributed by atoms with E-state index in [1.54, 1.807) is 18.6 Å². The minimum atomic E-state index is -0.148. The highest BCUT2D eigenvalue weighted by atomic mass is 16.1. The molecule has 6 heteroatoms. The van der Waals surface area contributed by atoms with Crippen molar-refractivity contribution in [2.75, 3.05) is 18.4 Å². The molecule has 0 saturated heterocycles. The van der Waals surface area contributed by atoms with E-state index in [1.807, 2.05) is 48.5 Å². The Bertz CT molecular complexity index is 936. The largest absolute Gasteiger partial charge is 0.355 e. The highest BCUT2D eigenvalue weighted by Crippen LogP contribution is 2.16. The lowest BCUT2D eigenvalue weighted by atomic mass is 10.2. The molecule has 0 radical (unpaired) electrons. The summed E-state index contributed by atoms with van der Waals surface area (Å²) in [4.78, 5) is 21.4. The van der Waals surface area contributed by atoms with Crippen LogP contribution in [-0.4, -0.2) is 27.6 Å². The van der Waals surface area contributed by atoms with Gasteiger partial charge in [-0.15, -0.1) is 0 Å². The Balaban J connectivity index is 1.95. The van der Waals surface area contributed by atoms with Crippen LogP contribution in [0, 0.1) is 0 Å². The second kappa shape index (κ2) is 9.45. The van der Waals surface area contributed by atoms with E-state index in [9.17, 15) is 4.79 Å². The average Bonchev–Trinajstić information content (AvgIpc) is 2.71. The van der Waals surface area contributed by atoms with Gasteiger partial charge in [0.1, 0.15) is 0 Å². The summed E-state index contributed by atoms with van der Waals surface area (Å²) >= 11 is 0. The van der Waals surface area contributed by atoms with Gasteiger partial charge < -0.3 is 11.1 Å². The molecule has 0 aliphatic heterocycles. The summed E-state index contributed by atoms with van der Waals surface area (Å²) in [6.07, 6.45) is 8.83. The van der Waals surface area contributed by atoms with Crippen LogP contribution >= 0.6 is 0 Å². The third-order valence-electron chi connectivity index (χ3n) is 4.06. The maximum absolute atomic E-state index is 12.7. The fraction of sp³-hybridized carbons (Fsp3) is 0.190. The van der Waals surface area contributed by atoms with E-state index in [0.29, 0.717) is 24.7 Å². The van der Waals surface area contributed by atoms with Crippen molar-refractivity contribution in [3.05, 3.63) is 76.8 Å². The molecular weight excluding hydrogens is 338 g/mol. The zero-order chi connectivity index (χ0) is 18.9. The molecule has 0 bridgehead atoms. The Morgan fingerprint density at radius 3 is 2.59 bits per heavy atom. The van der Waals surface area contributed by atoms with Crippen LogP contribution in [0.15, 0.2) is 65.7 Å².